The van der Waals surface area contributed by atoms with E-state index in [-0.39, 0.29) is 28.3 Å². The molecule has 0 saturated carbocycles. The van der Waals surface area contributed by atoms with Gasteiger partial charge in [-0.1, -0.05) is 29.5 Å². The minimum absolute atomic E-state index is 0.0194. The number of rotatable bonds is 6. The summed E-state index contributed by atoms with van der Waals surface area (Å²) in [6.45, 7) is 3.92. The van der Waals surface area contributed by atoms with E-state index in [1.54, 1.807) is 28.1 Å². The molecule has 0 atom stereocenters. The predicted octanol–water partition coefficient (Wildman–Crippen LogP) is 2.85. The molecule has 0 bridgehead atoms. The van der Waals surface area contributed by atoms with Crippen LogP contribution >= 0.6 is 22.7 Å². The minimum Gasteiger partial charge on any atom is -0.293 e. The van der Waals surface area contributed by atoms with E-state index in [0.717, 1.165) is 21.9 Å². The molecule has 3 aromatic heterocycles. The van der Waals surface area contributed by atoms with E-state index in [2.05, 4.69) is 25.1 Å². The van der Waals surface area contributed by atoms with Gasteiger partial charge in [0.15, 0.2) is 5.13 Å². The Bertz CT molecular complexity index is 1290. The lowest BCUT2D eigenvalue weighted by Gasteiger charge is -2.04. The van der Waals surface area contributed by atoms with Crippen molar-refractivity contribution in [1.82, 2.24) is 19.6 Å². The Morgan fingerprint density at radius 3 is 2.66 bits per heavy atom. The lowest BCUT2D eigenvalue weighted by atomic mass is 10.3. The molecule has 3 heterocycles. The Balaban J connectivity index is 1.41. The molecule has 0 spiro atoms. The van der Waals surface area contributed by atoms with E-state index in [1.807, 2.05) is 13.8 Å². The van der Waals surface area contributed by atoms with Crippen LogP contribution in [0.15, 0.2) is 40.6 Å². The smallest absolute Gasteiger partial charge is 0.263 e. The first-order valence-electron chi connectivity index (χ1n) is 8.47. The summed E-state index contributed by atoms with van der Waals surface area (Å²) in [7, 11) is -3.72. The topological polar surface area (TPSA) is 118 Å². The number of anilines is 2. The molecule has 0 saturated heterocycles. The van der Waals surface area contributed by atoms with Gasteiger partial charge in [-0.15, -0.1) is 16.4 Å². The second-order valence-electron chi connectivity index (χ2n) is 6.16. The Hall–Kier alpha value is -2.83. The number of benzene rings is 1. The average Bonchev–Trinajstić information content (AvgIpc) is 3.33. The lowest BCUT2D eigenvalue weighted by Crippen LogP contribution is -2.16. The lowest BCUT2D eigenvalue weighted by molar-refractivity contribution is -0.115. The molecule has 0 fully saturated rings. The van der Waals surface area contributed by atoms with Gasteiger partial charge in [0.2, 0.25) is 16.8 Å². The monoisotopic (exact) mass is 448 g/mol. The fraction of sp³-hybridized carbons (Fsp3) is 0.176. The first-order chi connectivity index (χ1) is 13.8. The molecule has 0 aliphatic rings. The van der Waals surface area contributed by atoms with Crippen molar-refractivity contribution in [2.24, 2.45) is 0 Å². The van der Waals surface area contributed by atoms with E-state index in [1.165, 1.54) is 23.5 Å². The molecule has 2 N–H and O–H groups in total. The van der Waals surface area contributed by atoms with Crippen LogP contribution < -0.4 is 10.0 Å². The van der Waals surface area contributed by atoms with Crippen LogP contribution in [-0.4, -0.2) is 33.9 Å². The van der Waals surface area contributed by atoms with Gasteiger partial charge in [-0.3, -0.25) is 14.8 Å². The van der Waals surface area contributed by atoms with Crippen LogP contribution in [0.25, 0.3) is 4.96 Å². The summed E-state index contributed by atoms with van der Waals surface area (Å²) in [5, 5.41) is 8.75. The molecule has 150 valence electrons. The third-order valence-electron chi connectivity index (χ3n) is 4.07. The van der Waals surface area contributed by atoms with Gasteiger partial charge in [0.1, 0.15) is 0 Å². The number of thiazole rings is 2. The highest BCUT2D eigenvalue weighted by Crippen LogP contribution is 2.22. The number of fused-ring (bicyclic) bond motifs is 1. The number of sulfonamides is 1. The van der Waals surface area contributed by atoms with E-state index in [4.69, 9.17) is 0 Å². The summed E-state index contributed by atoms with van der Waals surface area (Å²) in [5.74, 6) is -0.107. The number of aromatic nitrogens is 4. The van der Waals surface area contributed by atoms with Crippen LogP contribution in [0.1, 0.15) is 16.3 Å². The van der Waals surface area contributed by atoms with Crippen molar-refractivity contribution in [3.8, 4) is 0 Å². The van der Waals surface area contributed by atoms with Crippen molar-refractivity contribution in [1.29, 1.82) is 0 Å². The number of nitrogens with zero attached hydrogens (tertiary/aromatic N) is 4. The second kappa shape index (κ2) is 7.54. The summed E-state index contributed by atoms with van der Waals surface area (Å²) in [4.78, 5) is 22.7. The van der Waals surface area contributed by atoms with Gasteiger partial charge in [0.25, 0.3) is 10.0 Å². The fourth-order valence-corrected chi connectivity index (χ4v) is 5.43. The molecule has 29 heavy (non-hydrogen) atoms. The highest BCUT2D eigenvalue weighted by Gasteiger charge is 2.17. The van der Waals surface area contributed by atoms with Gasteiger partial charge in [-0.2, -0.15) is 4.98 Å². The normalized spacial score (nSPS) is 11.7. The van der Waals surface area contributed by atoms with E-state index in [9.17, 15) is 13.2 Å². The summed E-state index contributed by atoms with van der Waals surface area (Å²) in [6.07, 6.45) is -0.0194. The first kappa shape index (κ1) is 19.5. The molecule has 1 aromatic carbocycles. The number of hydrogen-bond donors (Lipinski definition) is 2. The summed E-state index contributed by atoms with van der Waals surface area (Å²) in [6, 6.07) is 8.01. The number of hydrogen-bond acceptors (Lipinski definition) is 8. The van der Waals surface area contributed by atoms with Crippen LogP contribution in [-0.2, 0) is 21.2 Å². The summed E-state index contributed by atoms with van der Waals surface area (Å²) in [5.41, 5.74) is 1.43. The zero-order valence-electron chi connectivity index (χ0n) is 15.4. The molecular formula is C17H16N6O3S3. The Kier molecular flexibility index (Phi) is 5.06. The first-order valence-corrected chi connectivity index (χ1v) is 11.6. The fourth-order valence-electron chi connectivity index (χ4n) is 2.54. The largest absolute Gasteiger partial charge is 0.293 e. The average molecular weight is 449 g/mol. The number of nitrogens with one attached hydrogen (secondary N) is 2. The third kappa shape index (κ3) is 4.13. The van der Waals surface area contributed by atoms with Crippen molar-refractivity contribution < 1.29 is 13.2 Å². The highest BCUT2D eigenvalue weighted by atomic mass is 32.2. The summed E-state index contributed by atoms with van der Waals surface area (Å²) < 4.78 is 28.8. The molecule has 0 aliphatic carbocycles. The van der Waals surface area contributed by atoms with Crippen molar-refractivity contribution in [2.45, 2.75) is 25.2 Å². The van der Waals surface area contributed by atoms with E-state index < -0.39 is 10.0 Å². The Labute approximate surface area is 174 Å². The predicted molar refractivity (Wildman–Crippen MR) is 112 cm³/mol. The minimum atomic E-state index is -3.72. The number of carbonyl (C=O) groups is 1. The van der Waals surface area contributed by atoms with Gasteiger partial charge in [-0.25, -0.2) is 17.9 Å². The van der Waals surface area contributed by atoms with Gasteiger partial charge < -0.3 is 0 Å². The molecule has 0 unspecified atom stereocenters. The zero-order valence-corrected chi connectivity index (χ0v) is 17.9. The number of amides is 1. The van der Waals surface area contributed by atoms with Crippen molar-refractivity contribution in [3.05, 3.63) is 52.0 Å². The standard InChI is InChI=1S/C17H16N6O3S3/c1-10-11(2)28-17-20-15(21-23(10)17)19-14(24)8-12-9-27-16(18-12)22-29(25,26)13-6-4-3-5-7-13/h3-7,9H,8H2,1-2H3,(H,18,22)(H,19,21,24). The third-order valence-corrected chi connectivity index (χ3v) is 7.41. The maximum absolute atomic E-state index is 12.3. The molecule has 0 radical (unpaired) electrons. The van der Waals surface area contributed by atoms with Crippen LogP contribution in [0.3, 0.4) is 0 Å². The maximum Gasteiger partial charge on any atom is 0.263 e. The molecular weight excluding hydrogens is 432 g/mol. The second-order valence-corrected chi connectivity index (χ2v) is 9.88. The quantitative estimate of drug-likeness (QED) is 0.468. The van der Waals surface area contributed by atoms with Gasteiger partial charge >= 0.3 is 0 Å². The number of carbonyl (C=O) groups excluding carboxylic acids is 1. The Morgan fingerprint density at radius 2 is 1.93 bits per heavy atom. The Morgan fingerprint density at radius 1 is 1.17 bits per heavy atom. The molecule has 4 rings (SSSR count). The van der Waals surface area contributed by atoms with E-state index >= 15 is 0 Å². The zero-order chi connectivity index (χ0) is 20.6. The van der Waals surface area contributed by atoms with Gasteiger partial charge in [-0.05, 0) is 26.0 Å². The van der Waals surface area contributed by atoms with Crippen LogP contribution in [0.2, 0.25) is 0 Å². The molecule has 1 amide bonds. The van der Waals surface area contributed by atoms with Crippen molar-refractivity contribution in [2.75, 3.05) is 10.0 Å². The van der Waals surface area contributed by atoms with E-state index in [0.29, 0.717) is 10.7 Å². The molecule has 4 aromatic rings. The number of aryl methyl sites for hydroxylation is 2. The van der Waals surface area contributed by atoms with Crippen molar-refractivity contribution in [3.63, 3.8) is 0 Å². The van der Waals surface area contributed by atoms with Crippen LogP contribution in [0.5, 0.6) is 0 Å². The molecule has 12 heteroatoms. The van der Waals surface area contributed by atoms with Crippen LogP contribution in [0.4, 0.5) is 11.1 Å². The van der Waals surface area contributed by atoms with Crippen LogP contribution in [0, 0.1) is 13.8 Å². The van der Waals surface area contributed by atoms with Gasteiger partial charge in [0.05, 0.1) is 22.7 Å². The molecule has 0 aliphatic heterocycles. The van der Waals surface area contributed by atoms with Crippen molar-refractivity contribution >= 4 is 54.6 Å². The SMILES string of the molecule is Cc1sc2nc(NC(=O)Cc3csc(NS(=O)(=O)c4ccccc4)n3)nn2c1C. The maximum atomic E-state index is 12.3. The summed E-state index contributed by atoms with van der Waals surface area (Å²) >= 11 is 2.61. The molecule has 9 nitrogen and oxygen atoms in total. The highest BCUT2D eigenvalue weighted by molar-refractivity contribution is 7.93. The van der Waals surface area contributed by atoms with Gasteiger partial charge in [0, 0.05) is 10.3 Å².